The minimum Gasteiger partial charge on any atom is -0.475 e. The molecule has 2 aliphatic rings. The summed E-state index contributed by atoms with van der Waals surface area (Å²) in [6.45, 7) is 4.11. The molecule has 0 aliphatic carbocycles. The zero-order valence-electron chi connectivity index (χ0n) is 13.3. The molecule has 3 rings (SSSR count). The Morgan fingerprint density at radius 1 is 1.48 bits per heavy atom. The molecule has 140 valence electrons. The van der Waals surface area contributed by atoms with Gasteiger partial charge >= 0.3 is 12.1 Å². The Balaban J connectivity index is 0.000000277. The molecule has 1 aromatic rings. The highest BCUT2D eigenvalue weighted by Gasteiger charge is 2.38. The summed E-state index contributed by atoms with van der Waals surface area (Å²) in [7, 11) is 0. The number of hydrogen-bond donors (Lipinski definition) is 2. The molecule has 0 aromatic carbocycles. The molecular formula is C15H19F3N2O4S. The highest BCUT2D eigenvalue weighted by atomic mass is 32.1. The summed E-state index contributed by atoms with van der Waals surface area (Å²) < 4.78 is 37.5. The lowest BCUT2D eigenvalue weighted by Gasteiger charge is -2.36. The smallest absolute Gasteiger partial charge is 0.475 e. The number of nitrogens with one attached hydrogen (secondary N) is 1. The number of halogens is 3. The first-order valence-corrected chi connectivity index (χ1v) is 8.64. The lowest BCUT2D eigenvalue weighted by molar-refractivity contribution is -0.192. The molecule has 2 aliphatic heterocycles. The molecule has 2 N–H and O–H groups in total. The number of carbonyl (C=O) groups excluding carboxylic acids is 1. The molecule has 25 heavy (non-hydrogen) atoms. The van der Waals surface area contributed by atoms with Gasteiger partial charge in [-0.3, -0.25) is 9.69 Å². The van der Waals surface area contributed by atoms with E-state index >= 15 is 0 Å². The molecule has 2 saturated heterocycles. The maximum atomic E-state index is 11.9. The third kappa shape index (κ3) is 5.98. The van der Waals surface area contributed by atoms with Gasteiger partial charge in [0.15, 0.2) is 0 Å². The normalized spacial score (nSPS) is 24.4. The highest BCUT2D eigenvalue weighted by molar-refractivity contribution is 7.07. The van der Waals surface area contributed by atoms with Crippen LogP contribution in [-0.4, -0.2) is 60.4 Å². The predicted octanol–water partition coefficient (Wildman–Crippen LogP) is 1.72. The predicted molar refractivity (Wildman–Crippen MR) is 84.1 cm³/mol. The van der Waals surface area contributed by atoms with Gasteiger partial charge in [-0.1, -0.05) is 0 Å². The second-order valence-electron chi connectivity index (χ2n) is 5.77. The Hall–Kier alpha value is -1.65. The van der Waals surface area contributed by atoms with Crippen molar-refractivity contribution in [3.8, 4) is 0 Å². The van der Waals surface area contributed by atoms with Gasteiger partial charge in [0.05, 0.1) is 18.6 Å². The van der Waals surface area contributed by atoms with Crippen LogP contribution in [0.5, 0.6) is 0 Å². The zero-order valence-corrected chi connectivity index (χ0v) is 14.1. The van der Waals surface area contributed by atoms with Gasteiger partial charge in [-0.2, -0.15) is 24.5 Å². The lowest BCUT2D eigenvalue weighted by atomic mass is 9.93. The number of thiophene rings is 1. The van der Waals surface area contributed by atoms with E-state index in [0.29, 0.717) is 13.2 Å². The van der Waals surface area contributed by atoms with Crippen LogP contribution in [0.3, 0.4) is 0 Å². The molecule has 0 radical (unpaired) electrons. The number of ether oxygens (including phenoxy) is 1. The van der Waals surface area contributed by atoms with Crippen LogP contribution in [0.15, 0.2) is 16.8 Å². The van der Waals surface area contributed by atoms with Crippen molar-refractivity contribution in [2.24, 2.45) is 5.92 Å². The molecule has 2 atom stereocenters. The van der Waals surface area contributed by atoms with E-state index in [4.69, 9.17) is 14.6 Å². The quantitative estimate of drug-likeness (QED) is 0.817. The molecule has 0 spiro atoms. The molecular weight excluding hydrogens is 361 g/mol. The number of carboxylic acid groups (broad SMARTS) is 1. The fourth-order valence-electron chi connectivity index (χ4n) is 2.75. The summed E-state index contributed by atoms with van der Waals surface area (Å²) in [6, 6.07) is 2.16. The first kappa shape index (κ1) is 19.7. The maximum absolute atomic E-state index is 11.9. The van der Waals surface area contributed by atoms with E-state index in [2.05, 4.69) is 27.0 Å². The number of amides is 1. The first-order chi connectivity index (χ1) is 11.8. The molecule has 2 fully saturated rings. The Bertz CT molecular complexity index is 580. The van der Waals surface area contributed by atoms with Crippen LogP contribution >= 0.6 is 11.3 Å². The van der Waals surface area contributed by atoms with E-state index in [-0.39, 0.29) is 17.9 Å². The van der Waals surface area contributed by atoms with E-state index < -0.39 is 12.1 Å². The van der Waals surface area contributed by atoms with E-state index in [1.165, 1.54) is 5.56 Å². The van der Waals surface area contributed by atoms with Gasteiger partial charge in [0.1, 0.15) is 0 Å². The number of hydrogen-bond acceptors (Lipinski definition) is 5. The van der Waals surface area contributed by atoms with E-state index in [1.54, 1.807) is 11.3 Å². The second-order valence-corrected chi connectivity index (χ2v) is 6.55. The van der Waals surface area contributed by atoms with Gasteiger partial charge in [0, 0.05) is 19.6 Å². The van der Waals surface area contributed by atoms with Gasteiger partial charge in [-0.05, 0) is 35.4 Å². The van der Waals surface area contributed by atoms with E-state index in [9.17, 15) is 18.0 Å². The summed E-state index contributed by atoms with van der Waals surface area (Å²) in [6.07, 6.45) is -4.11. The molecule has 0 unspecified atom stereocenters. The number of likely N-dealkylation sites (tertiary alicyclic amines) is 1. The topological polar surface area (TPSA) is 78.9 Å². The fraction of sp³-hybridized carbons (Fsp3) is 0.600. The minimum atomic E-state index is -5.08. The Labute approximate surface area is 146 Å². The van der Waals surface area contributed by atoms with Crippen LogP contribution in [0.25, 0.3) is 0 Å². The maximum Gasteiger partial charge on any atom is 0.490 e. The van der Waals surface area contributed by atoms with Crippen LogP contribution in [0.1, 0.15) is 12.0 Å². The van der Waals surface area contributed by atoms with Crippen molar-refractivity contribution < 1.29 is 32.6 Å². The minimum absolute atomic E-state index is 0.0474. The van der Waals surface area contributed by atoms with Crippen LogP contribution in [0.2, 0.25) is 0 Å². The van der Waals surface area contributed by atoms with Crippen molar-refractivity contribution in [2.75, 3.05) is 26.2 Å². The first-order valence-electron chi connectivity index (χ1n) is 7.70. The number of carbonyl (C=O) groups is 2. The van der Waals surface area contributed by atoms with Crippen LogP contribution < -0.4 is 5.32 Å². The average Bonchev–Trinajstić information content (AvgIpc) is 2.97. The largest absolute Gasteiger partial charge is 0.490 e. The average molecular weight is 380 g/mol. The Kier molecular flexibility index (Phi) is 6.79. The third-order valence-electron chi connectivity index (χ3n) is 3.94. The molecule has 0 bridgehead atoms. The molecule has 0 saturated carbocycles. The van der Waals surface area contributed by atoms with Crippen molar-refractivity contribution >= 4 is 23.2 Å². The van der Waals surface area contributed by atoms with Gasteiger partial charge in [0.25, 0.3) is 0 Å². The number of aliphatic carboxylic acids is 1. The highest BCUT2D eigenvalue weighted by Crippen LogP contribution is 2.24. The monoisotopic (exact) mass is 380 g/mol. The number of nitrogens with zero attached hydrogens (tertiary/aromatic N) is 1. The SMILES string of the molecule is O=C(O)C(F)(F)F.O=C1NCCO[C@H]2CN(Cc3ccsc3)CC[C@@H]12. The summed E-state index contributed by atoms with van der Waals surface area (Å²) in [5.74, 6) is -2.54. The summed E-state index contributed by atoms with van der Waals surface area (Å²) in [5, 5.41) is 14.3. The van der Waals surface area contributed by atoms with Crippen molar-refractivity contribution in [1.82, 2.24) is 10.2 Å². The van der Waals surface area contributed by atoms with Crippen LogP contribution in [0.4, 0.5) is 13.2 Å². The van der Waals surface area contributed by atoms with Crippen molar-refractivity contribution in [1.29, 1.82) is 0 Å². The van der Waals surface area contributed by atoms with E-state index in [1.807, 2.05) is 0 Å². The van der Waals surface area contributed by atoms with Gasteiger partial charge < -0.3 is 15.2 Å². The molecule has 6 nitrogen and oxygen atoms in total. The van der Waals surface area contributed by atoms with Gasteiger partial charge in [-0.25, -0.2) is 4.79 Å². The second kappa shape index (κ2) is 8.63. The van der Waals surface area contributed by atoms with Crippen molar-refractivity contribution in [2.45, 2.75) is 25.2 Å². The number of fused-ring (bicyclic) bond motifs is 1. The molecule has 10 heteroatoms. The Morgan fingerprint density at radius 2 is 2.20 bits per heavy atom. The molecule has 1 amide bonds. The molecule has 1 aromatic heterocycles. The van der Waals surface area contributed by atoms with Crippen molar-refractivity contribution in [3.05, 3.63) is 22.4 Å². The third-order valence-corrected chi connectivity index (χ3v) is 4.67. The lowest BCUT2D eigenvalue weighted by Crippen LogP contribution is -2.48. The summed E-state index contributed by atoms with van der Waals surface area (Å²) >= 11 is 1.73. The fourth-order valence-corrected chi connectivity index (χ4v) is 3.41. The van der Waals surface area contributed by atoms with E-state index in [0.717, 1.165) is 26.1 Å². The van der Waals surface area contributed by atoms with Gasteiger partial charge in [-0.15, -0.1) is 0 Å². The van der Waals surface area contributed by atoms with Gasteiger partial charge in [0.2, 0.25) is 5.91 Å². The summed E-state index contributed by atoms with van der Waals surface area (Å²) in [4.78, 5) is 23.2. The number of rotatable bonds is 2. The zero-order chi connectivity index (χ0) is 18.4. The summed E-state index contributed by atoms with van der Waals surface area (Å²) in [5.41, 5.74) is 1.36. The van der Waals surface area contributed by atoms with Crippen molar-refractivity contribution in [3.63, 3.8) is 0 Å². The van der Waals surface area contributed by atoms with Crippen LogP contribution in [0, 0.1) is 5.92 Å². The number of piperidine rings is 1. The van der Waals surface area contributed by atoms with Crippen LogP contribution in [-0.2, 0) is 20.9 Å². The Morgan fingerprint density at radius 3 is 2.80 bits per heavy atom. The number of alkyl halides is 3. The number of carboxylic acids is 1. The standard InChI is InChI=1S/C13H18N2O2S.C2HF3O2/c16-13-11-1-4-15(7-10-2-6-18-9-10)8-12(11)17-5-3-14-13;3-2(4,5)1(6)7/h2,6,9,11-12H,1,3-5,7-8H2,(H,14,16);(H,6,7)/t11-,12+;/m1./s1. The molecule has 3 heterocycles.